The molecule has 0 spiro atoms. The highest BCUT2D eigenvalue weighted by Gasteiger charge is 2.11. The van der Waals surface area contributed by atoms with Gasteiger partial charge < -0.3 is 5.32 Å². The predicted octanol–water partition coefficient (Wildman–Crippen LogP) is 2.09. The molecule has 92 valence electrons. The summed E-state index contributed by atoms with van der Waals surface area (Å²) in [4.78, 5) is 12.8. The van der Waals surface area contributed by atoms with Crippen molar-refractivity contribution >= 4 is 28.2 Å². The first-order chi connectivity index (χ1) is 8.90. The second kappa shape index (κ2) is 4.69. The van der Waals surface area contributed by atoms with E-state index in [9.17, 15) is 0 Å². The van der Waals surface area contributed by atoms with Gasteiger partial charge in [-0.05, 0) is 6.42 Å². The zero-order chi connectivity index (χ0) is 12.4. The highest BCUT2D eigenvalue weighted by atomic mass is 32.1. The van der Waals surface area contributed by atoms with E-state index in [1.54, 1.807) is 23.4 Å². The van der Waals surface area contributed by atoms with Gasteiger partial charge >= 0.3 is 0 Å². The lowest BCUT2D eigenvalue weighted by Crippen LogP contribution is -2.03. The van der Waals surface area contributed by atoms with E-state index in [4.69, 9.17) is 0 Å². The van der Waals surface area contributed by atoms with Crippen LogP contribution in [-0.2, 0) is 0 Å². The van der Waals surface area contributed by atoms with Gasteiger partial charge in [0.2, 0.25) is 5.13 Å². The third kappa shape index (κ3) is 1.82. The maximum absolute atomic E-state index is 4.33. The van der Waals surface area contributed by atoms with Crippen molar-refractivity contribution in [1.82, 2.24) is 24.7 Å². The molecule has 6 nitrogen and oxygen atoms in total. The zero-order valence-corrected chi connectivity index (χ0v) is 10.7. The number of aromatic nitrogens is 5. The van der Waals surface area contributed by atoms with Crippen LogP contribution in [0.15, 0.2) is 24.1 Å². The molecule has 0 bridgehead atoms. The Bertz CT molecular complexity index is 645. The van der Waals surface area contributed by atoms with E-state index in [1.807, 2.05) is 5.38 Å². The van der Waals surface area contributed by atoms with Crippen molar-refractivity contribution in [2.45, 2.75) is 13.3 Å². The Kier molecular flexibility index (Phi) is 2.89. The van der Waals surface area contributed by atoms with E-state index in [1.165, 1.54) is 11.3 Å². The molecule has 7 heteroatoms. The minimum Gasteiger partial charge on any atom is -0.369 e. The first-order valence-electron chi connectivity index (χ1n) is 5.72. The van der Waals surface area contributed by atoms with Gasteiger partial charge in [0.15, 0.2) is 5.65 Å². The number of nitrogens with one attached hydrogen (secondary N) is 1. The quantitative estimate of drug-likeness (QED) is 0.778. The topological polar surface area (TPSA) is 68.5 Å². The normalized spacial score (nSPS) is 10.9. The van der Waals surface area contributed by atoms with Crippen LogP contribution >= 0.6 is 11.3 Å². The van der Waals surface area contributed by atoms with Crippen LogP contribution in [0.3, 0.4) is 0 Å². The summed E-state index contributed by atoms with van der Waals surface area (Å²) in [7, 11) is 0. The molecular formula is C11H12N6S. The lowest BCUT2D eigenvalue weighted by Gasteiger charge is -2.04. The van der Waals surface area contributed by atoms with Crippen molar-refractivity contribution < 1.29 is 0 Å². The molecular weight excluding hydrogens is 248 g/mol. The molecule has 0 atom stereocenters. The van der Waals surface area contributed by atoms with Gasteiger partial charge in [0.05, 0.1) is 11.6 Å². The largest absolute Gasteiger partial charge is 0.369 e. The molecule has 3 aromatic rings. The van der Waals surface area contributed by atoms with E-state index in [-0.39, 0.29) is 0 Å². The first kappa shape index (κ1) is 11.1. The Balaban J connectivity index is 2.09. The van der Waals surface area contributed by atoms with Gasteiger partial charge in [-0.15, -0.1) is 11.3 Å². The van der Waals surface area contributed by atoms with Gasteiger partial charge in [-0.25, -0.2) is 15.0 Å². The van der Waals surface area contributed by atoms with Gasteiger partial charge in [-0.3, -0.25) is 0 Å². The number of thiazole rings is 1. The van der Waals surface area contributed by atoms with Crippen LogP contribution in [0, 0.1) is 0 Å². The molecule has 3 rings (SSSR count). The molecule has 0 aliphatic heterocycles. The summed E-state index contributed by atoms with van der Waals surface area (Å²) in [6.45, 7) is 3.00. The number of nitrogens with zero attached hydrogens (tertiary/aromatic N) is 5. The SMILES string of the molecule is CCCNc1ncnc2c1cnn2-c1nccs1. The van der Waals surface area contributed by atoms with Gasteiger partial charge in [0.25, 0.3) is 0 Å². The number of rotatable bonds is 4. The summed E-state index contributed by atoms with van der Waals surface area (Å²) < 4.78 is 1.73. The number of hydrogen-bond donors (Lipinski definition) is 1. The molecule has 3 aromatic heterocycles. The van der Waals surface area contributed by atoms with Crippen molar-refractivity contribution in [2.75, 3.05) is 11.9 Å². The van der Waals surface area contributed by atoms with Crippen LogP contribution in [0.5, 0.6) is 0 Å². The maximum Gasteiger partial charge on any atom is 0.212 e. The maximum atomic E-state index is 4.33. The van der Waals surface area contributed by atoms with Gasteiger partial charge in [0.1, 0.15) is 12.1 Å². The number of anilines is 1. The Hall–Kier alpha value is -2.02. The lowest BCUT2D eigenvalue weighted by atomic mass is 10.4. The molecule has 0 unspecified atom stereocenters. The highest BCUT2D eigenvalue weighted by Crippen LogP contribution is 2.22. The van der Waals surface area contributed by atoms with E-state index >= 15 is 0 Å². The molecule has 0 saturated carbocycles. The minimum atomic E-state index is 0.776. The van der Waals surface area contributed by atoms with Crippen LogP contribution in [-0.4, -0.2) is 31.3 Å². The van der Waals surface area contributed by atoms with E-state index in [2.05, 4.69) is 32.3 Å². The standard InChI is InChI=1S/C11H12N6S/c1-2-3-12-9-8-6-16-17(10(8)15-7-14-9)11-13-4-5-18-11/h4-7H,2-3H2,1H3,(H,12,14,15). The van der Waals surface area contributed by atoms with Crippen LogP contribution in [0.2, 0.25) is 0 Å². The lowest BCUT2D eigenvalue weighted by molar-refractivity contribution is 0.884. The van der Waals surface area contributed by atoms with Crippen LogP contribution in [0.1, 0.15) is 13.3 Å². The molecule has 0 saturated heterocycles. The van der Waals surface area contributed by atoms with Crippen molar-refractivity contribution in [3.63, 3.8) is 0 Å². The molecule has 0 aliphatic carbocycles. The summed E-state index contributed by atoms with van der Waals surface area (Å²) in [5, 5.41) is 11.2. The Morgan fingerprint density at radius 1 is 1.33 bits per heavy atom. The first-order valence-corrected chi connectivity index (χ1v) is 6.60. The molecule has 0 amide bonds. The molecule has 0 radical (unpaired) electrons. The number of fused-ring (bicyclic) bond motifs is 1. The van der Waals surface area contributed by atoms with Crippen LogP contribution in [0.4, 0.5) is 5.82 Å². The minimum absolute atomic E-state index is 0.776. The van der Waals surface area contributed by atoms with Crippen molar-refractivity contribution in [3.8, 4) is 5.13 Å². The summed E-state index contributed by atoms with van der Waals surface area (Å²) in [6, 6.07) is 0. The summed E-state index contributed by atoms with van der Waals surface area (Å²) in [5.41, 5.74) is 0.776. The molecule has 0 fully saturated rings. The second-order valence-electron chi connectivity index (χ2n) is 3.76. The molecule has 1 N–H and O–H groups in total. The predicted molar refractivity (Wildman–Crippen MR) is 71.1 cm³/mol. The second-order valence-corrected chi connectivity index (χ2v) is 4.63. The van der Waals surface area contributed by atoms with E-state index < -0.39 is 0 Å². The fourth-order valence-electron chi connectivity index (χ4n) is 1.69. The fraction of sp³-hybridized carbons (Fsp3) is 0.273. The average Bonchev–Trinajstić information content (AvgIpc) is 3.04. The van der Waals surface area contributed by atoms with Crippen LogP contribution < -0.4 is 5.32 Å². The molecule has 18 heavy (non-hydrogen) atoms. The Labute approximate surface area is 108 Å². The van der Waals surface area contributed by atoms with Crippen LogP contribution in [0.25, 0.3) is 16.2 Å². The smallest absolute Gasteiger partial charge is 0.212 e. The molecule has 0 aromatic carbocycles. The monoisotopic (exact) mass is 260 g/mol. The highest BCUT2D eigenvalue weighted by molar-refractivity contribution is 7.12. The van der Waals surface area contributed by atoms with Gasteiger partial charge in [0, 0.05) is 18.1 Å². The summed E-state index contributed by atoms with van der Waals surface area (Å²) in [5.74, 6) is 0.824. The summed E-state index contributed by atoms with van der Waals surface area (Å²) >= 11 is 1.53. The van der Waals surface area contributed by atoms with Gasteiger partial charge in [-0.1, -0.05) is 6.92 Å². The fourth-order valence-corrected chi connectivity index (χ4v) is 2.29. The Morgan fingerprint density at radius 2 is 2.28 bits per heavy atom. The van der Waals surface area contributed by atoms with Gasteiger partial charge in [-0.2, -0.15) is 9.78 Å². The van der Waals surface area contributed by atoms with E-state index in [0.717, 1.165) is 34.9 Å². The molecule has 0 aliphatic rings. The van der Waals surface area contributed by atoms with Crippen molar-refractivity contribution in [1.29, 1.82) is 0 Å². The van der Waals surface area contributed by atoms with Crippen molar-refractivity contribution in [2.24, 2.45) is 0 Å². The third-order valence-electron chi connectivity index (χ3n) is 2.51. The average molecular weight is 260 g/mol. The summed E-state index contributed by atoms with van der Waals surface area (Å²) in [6.07, 6.45) is 6.12. The van der Waals surface area contributed by atoms with Crippen molar-refractivity contribution in [3.05, 3.63) is 24.1 Å². The zero-order valence-electron chi connectivity index (χ0n) is 9.87. The Morgan fingerprint density at radius 3 is 3.06 bits per heavy atom. The molecule has 3 heterocycles. The third-order valence-corrected chi connectivity index (χ3v) is 3.26. The van der Waals surface area contributed by atoms with E-state index in [0.29, 0.717) is 0 Å². The number of hydrogen-bond acceptors (Lipinski definition) is 6.